The summed E-state index contributed by atoms with van der Waals surface area (Å²) < 4.78 is 29.6. The van der Waals surface area contributed by atoms with Crippen molar-refractivity contribution >= 4 is 35.0 Å². The third-order valence-electron chi connectivity index (χ3n) is 4.31. The number of imide groups is 1. The largest absolute Gasteiger partial charge is 0.490 e. The van der Waals surface area contributed by atoms with E-state index in [1.54, 1.807) is 43.3 Å². The number of nitrogens with zero attached hydrogens (tertiary/aromatic N) is 1. The smallest absolute Gasteiger partial charge is 0.326 e. The Morgan fingerprint density at radius 3 is 2.59 bits per heavy atom. The van der Waals surface area contributed by atoms with Crippen LogP contribution in [0.1, 0.15) is 25.0 Å². The van der Waals surface area contributed by atoms with Crippen molar-refractivity contribution in [2.24, 2.45) is 0 Å². The molecule has 168 valence electrons. The van der Waals surface area contributed by atoms with Crippen LogP contribution >= 0.6 is 11.8 Å². The first-order chi connectivity index (χ1) is 15.4. The van der Waals surface area contributed by atoms with Gasteiger partial charge in [-0.3, -0.25) is 19.3 Å². The van der Waals surface area contributed by atoms with Gasteiger partial charge in [-0.15, -0.1) is 0 Å². The van der Waals surface area contributed by atoms with Gasteiger partial charge in [0.05, 0.1) is 18.1 Å². The number of benzene rings is 2. The highest BCUT2D eigenvalue weighted by molar-refractivity contribution is 8.18. The summed E-state index contributed by atoms with van der Waals surface area (Å²) in [4.78, 5) is 37.4. The normalized spacial score (nSPS) is 14.7. The molecule has 0 N–H and O–H groups in total. The molecule has 0 radical (unpaired) electrons. The van der Waals surface area contributed by atoms with E-state index in [-0.39, 0.29) is 23.9 Å². The van der Waals surface area contributed by atoms with Crippen LogP contribution < -0.4 is 9.47 Å². The SMILES string of the molecule is CCOC(=O)CN1C(=O)S/C(=C/c2ccc(OCc3cccc(F)c3)c(OCC)c2)C1=O. The Bertz CT molecular complexity index is 1050. The summed E-state index contributed by atoms with van der Waals surface area (Å²) in [5.74, 6) is -0.637. The monoisotopic (exact) mass is 459 g/mol. The van der Waals surface area contributed by atoms with Crippen LogP contribution in [-0.2, 0) is 20.9 Å². The maximum Gasteiger partial charge on any atom is 0.326 e. The Labute approximate surface area is 189 Å². The van der Waals surface area contributed by atoms with Crippen LogP contribution in [0.3, 0.4) is 0 Å². The lowest BCUT2D eigenvalue weighted by Crippen LogP contribution is -2.34. The molecule has 7 nitrogen and oxygen atoms in total. The molecule has 2 amide bonds. The summed E-state index contributed by atoms with van der Waals surface area (Å²) in [6.07, 6.45) is 1.55. The van der Waals surface area contributed by atoms with Gasteiger partial charge in [-0.05, 0) is 67.1 Å². The molecular weight excluding hydrogens is 437 g/mol. The Hall–Kier alpha value is -3.33. The average Bonchev–Trinajstić information content (AvgIpc) is 3.01. The van der Waals surface area contributed by atoms with E-state index in [0.29, 0.717) is 29.2 Å². The second-order valence-corrected chi connectivity index (χ2v) is 7.62. The van der Waals surface area contributed by atoms with Crippen LogP contribution in [0.2, 0.25) is 0 Å². The van der Waals surface area contributed by atoms with Gasteiger partial charge in [0.25, 0.3) is 11.1 Å². The van der Waals surface area contributed by atoms with Gasteiger partial charge in [0.2, 0.25) is 0 Å². The van der Waals surface area contributed by atoms with Crippen LogP contribution in [0.5, 0.6) is 11.5 Å². The van der Waals surface area contributed by atoms with Crippen LogP contribution in [0, 0.1) is 5.82 Å². The molecule has 0 aromatic heterocycles. The molecule has 2 aromatic rings. The molecule has 0 spiro atoms. The molecule has 0 unspecified atom stereocenters. The minimum atomic E-state index is -0.644. The standard InChI is InChI=1S/C23H22FNO6S/c1-3-29-19-11-15(8-9-18(19)31-14-16-6-5-7-17(24)10-16)12-20-22(27)25(23(28)32-20)13-21(26)30-4-2/h5-12H,3-4,13-14H2,1-2H3/b20-12+. The van der Waals surface area contributed by atoms with Crippen molar-refractivity contribution in [2.75, 3.05) is 19.8 Å². The van der Waals surface area contributed by atoms with E-state index in [4.69, 9.17) is 14.2 Å². The predicted octanol–water partition coefficient (Wildman–Crippen LogP) is 4.40. The van der Waals surface area contributed by atoms with Crippen molar-refractivity contribution in [3.63, 3.8) is 0 Å². The summed E-state index contributed by atoms with van der Waals surface area (Å²) in [6.45, 7) is 3.75. The second-order valence-electron chi connectivity index (χ2n) is 6.63. The van der Waals surface area contributed by atoms with Gasteiger partial charge in [-0.25, -0.2) is 4.39 Å². The third-order valence-corrected chi connectivity index (χ3v) is 5.22. The third kappa shape index (κ3) is 5.88. The number of thioether (sulfide) groups is 1. The molecule has 1 aliphatic rings. The van der Waals surface area contributed by atoms with E-state index < -0.39 is 23.7 Å². The highest BCUT2D eigenvalue weighted by Crippen LogP contribution is 2.35. The summed E-state index contributed by atoms with van der Waals surface area (Å²) in [5.41, 5.74) is 1.29. The first-order valence-corrected chi connectivity index (χ1v) is 10.8. The van der Waals surface area contributed by atoms with Crippen LogP contribution in [-0.4, -0.2) is 41.8 Å². The zero-order valence-corrected chi connectivity index (χ0v) is 18.4. The first-order valence-electron chi connectivity index (χ1n) is 9.96. The van der Waals surface area contributed by atoms with E-state index in [0.717, 1.165) is 16.7 Å². The fourth-order valence-corrected chi connectivity index (χ4v) is 3.75. The van der Waals surface area contributed by atoms with Gasteiger partial charge in [0.1, 0.15) is 19.0 Å². The van der Waals surface area contributed by atoms with Crippen LogP contribution in [0.15, 0.2) is 47.4 Å². The quantitative estimate of drug-likeness (QED) is 0.406. The number of esters is 1. The second kappa shape index (κ2) is 10.8. The average molecular weight is 459 g/mol. The number of hydrogen-bond acceptors (Lipinski definition) is 7. The van der Waals surface area contributed by atoms with Gasteiger partial charge < -0.3 is 14.2 Å². The van der Waals surface area contributed by atoms with E-state index in [1.807, 2.05) is 6.92 Å². The lowest BCUT2D eigenvalue weighted by molar-refractivity contribution is -0.145. The van der Waals surface area contributed by atoms with E-state index in [2.05, 4.69) is 0 Å². The minimum Gasteiger partial charge on any atom is -0.490 e. The number of carbonyl (C=O) groups excluding carboxylic acids is 3. The van der Waals surface area contributed by atoms with Crippen molar-refractivity contribution < 1.29 is 33.0 Å². The molecule has 0 aliphatic carbocycles. The first kappa shape index (κ1) is 23.3. The molecule has 0 atom stereocenters. The molecule has 1 saturated heterocycles. The van der Waals surface area contributed by atoms with Gasteiger partial charge in [0.15, 0.2) is 11.5 Å². The van der Waals surface area contributed by atoms with Crippen molar-refractivity contribution in [2.45, 2.75) is 20.5 Å². The number of rotatable bonds is 9. The number of carbonyl (C=O) groups is 3. The topological polar surface area (TPSA) is 82.1 Å². The van der Waals surface area contributed by atoms with Gasteiger partial charge in [-0.2, -0.15) is 0 Å². The number of ether oxygens (including phenoxy) is 3. The molecule has 9 heteroatoms. The van der Waals surface area contributed by atoms with Crippen molar-refractivity contribution in [3.8, 4) is 11.5 Å². The summed E-state index contributed by atoms with van der Waals surface area (Å²) in [7, 11) is 0. The maximum atomic E-state index is 13.4. The van der Waals surface area contributed by atoms with E-state index in [9.17, 15) is 18.8 Å². The van der Waals surface area contributed by atoms with Gasteiger partial charge in [0, 0.05) is 0 Å². The van der Waals surface area contributed by atoms with E-state index in [1.165, 1.54) is 12.1 Å². The lowest BCUT2D eigenvalue weighted by atomic mass is 10.1. The minimum absolute atomic E-state index is 0.157. The Morgan fingerprint density at radius 1 is 1.06 bits per heavy atom. The fraction of sp³-hybridized carbons (Fsp3) is 0.261. The number of hydrogen-bond donors (Lipinski definition) is 0. The van der Waals surface area contributed by atoms with Crippen molar-refractivity contribution in [1.82, 2.24) is 4.90 Å². The Morgan fingerprint density at radius 2 is 1.88 bits per heavy atom. The molecule has 1 heterocycles. The molecule has 3 rings (SSSR count). The van der Waals surface area contributed by atoms with Gasteiger partial charge >= 0.3 is 5.97 Å². The summed E-state index contributed by atoms with van der Waals surface area (Å²) in [5, 5.41) is -0.533. The highest BCUT2D eigenvalue weighted by Gasteiger charge is 2.36. The summed E-state index contributed by atoms with van der Waals surface area (Å²) in [6, 6.07) is 11.2. The highest BCUT2D eigenvalue weighted by atomic mass is 32.2. The van der Waals surface area contributed by atoms with Gasteiger partial charge in [-0.1, -0.05) is 18.2 Å². The molecule has 1 fully saturated rings. The summed E-state index contributed by atoms with van der Waals surface area (Å²) >= 11 is 0.752. The molecule has 0 saturated carbocycles. The lowest BCUT2D eigenvalue weighted by Gasteiger charge is -2.13. The molecule has 0 bridgehead atoms. The maximum absolute atomic E-state index is 13.4. The van der Waals surface area contributed by atoms with Crippen LogP contribution in [0.25, 0.3) is 6.08 Å². The fourth-order valence-electron chi connectivity index (χ4n) is 2.91. The Kier molecular flexibility index (Phi) is 7.88. The van der Waals surface area contributed by atoms with Crippen molar-refractivity contribution in [1.29, 1.82) is 0 Å². The zero-order valence-electron chi connectivity index (χ0n) is 17.6. The number of halogens is 1. The number of amides is 2. The molecule has 1 aliphatic heterocycles. The van der Waals surface area contributed by atoms with Crippen LogP contribution in [0.4, 0.5) is 9.18 Å². The van der Waals surface area contributed by atoms with E-state index >= 15 is 0 Å². The zero-order chi connectivity index (χ0) is 23.1. The molecular formula is C23H22FNO6S. The van der Waals surface area contributed by atoms with Crippen molar-refractivity contribution in [3.05, 3.63) is 64.3 Å². The Balaban J connectivity index is 1.76. The molecule has 32 heavy (non-hydrogen) atoms. The molecule has 2 aromatic carbocycles. The predicted molar refractivity (Wildman–Crippen MR) is 118 cm³/mol.